The minimum atomic E-state index is 0.446. The molecule has 6 nitrogen and oxygen atoms in total. The Balaban J connectivity index is 1.46. The fourth-order valence-electron chi connectivity index (χ4n) is 3.03. The highest BCUT2D eigenvalue weighted by Gasteiger charge is 2.16. The topological polar surface area (TPSA) is 73.9 Å². The molecular formula is C19H20N4O2. The lowest BCUT2D eigenvalue weighted by molar-refractivity contribution is 0.0638. The number of ether oxygens (including phenoxy) is 1. The lowest BCUT2D eigenvalue weighted by Gasteiger charge is -2.20. The maximum absolute atomic E-state index is 5.41. The van der Waals surface area contributed by atoms with Crippen LogP contribution < -0.4 is 0 Å². The van der Waals surface area contributed by atoms with Crippen LogP contribution in [0, 0.1) is 5.92 Å². The molecule has 1 fully saturated rings. The van der Waals surface area contributed by atoms with E-state index in [9.17, 15) is 0 Å². The summed E-state index contributed by atoms with van der Waals surface area (Å²) in [5.74, 6) is 2.53. The van der Waals surface area contributed by atoms with Crippen LogP contribution in [0.15, 0.2) is 47.1 Å². The Morgan fingerprint density at radius 2 is 1.84 bits per heavy atom. The first kappa shape index (κ1) is 15.9. The van der Waals surface area contributed by atoms with Crippen molar-refractivity contribution in [2.45, 2.75) is 25.7 Å². The van der Waals surface area contributed by atoms with Gasteiger partial charge in [-0.05, 0) is 31.2 Å². The molecule has 1 aliphatic heterocycles. The molecule has 0 saturated carbocycles. The molecule has 0 N–H and O–H groups in total. The summed E-state index contributed by atoms with van der Waals surface area (Å²) in [6.07, 6.45) is 5.86. The molecule has 3 aromatic rings. The third-order valence-electron chi connectivity index (χ3n) is 4.49. The fourth-order valence-corrected chi connectivity index (χ4v) is 3.03. The smallest absolute Gasteiger partial charge is 0.276 e. The van der Waals surface area contributed by atoms with Gasteiger partial charge in [-0.2, -0.15) is 4.98 Å². The molecule has 0 amide bonds. The summed E-state index contributed by atoms with van der Waals surface area (Å²) in [4.78, 5) is 13.4. The second kappa shape index (κ2) is 7.53. The monoisotopic (exact) mass is 336 g/mol. The first-order valence-electron chi connectivity index (χ1n) is 8.67. The highest BCUT2D eigenvalue weighted by molar-refractivity contribution is 5.58. The van der Waals surface area contributed by atoms with E-state index >= 15 is 0 Å². The third kappa shape index (κ3) is 3.91. The first-order valence-corrected chi connectivity index (χ1v) is 8.67. The number of rotatable bonds is 5. The normalized spacial score (nSPS) is 15.4. The summed E-state index contributed by atoms with van der Waals surface area (Å²) in [6, 6.07) is 11.6. The number of benzene rings is 1. The Bertz CT molecular complexity index is 813. The van der Waals surface area contributed by atoms with Crippen molar-refractivity contribution in [3.8, 4) is 23.0 Å². The van der Waals surface area contributed by atoms with Crippen LogP contribution in [0.25, 0.3) is 23.0 Å². The largest absolute Gasteiger partial charge is 0.381 e. The zero-order valence-corrected chi connectivity index (χ0v) is 14.0. The van der Waals surface area contributed by atoms with Crippen molar-refractivity contribution in [3.63, 3.8) is 0 Å². The van der Waals surface area contributed by atoms with Gasteiger partial charge in [-0.15, -0.1) is 0 Å². The van der Waals surface area contributed by atoms with Gasteiger partial charge in [0.15, 0.2) is 11.6 Å². The average molecular weight is 336 g/mol. The van der Waals surface area contributed by atoms with Gasteiger partial charge in [-0.3, -0.25) is 0 Å². The van der Waals surface area contributed by atoms with Crippen LogP contribution in [0.4, 0.5) is 0 Å². The van der Waals surface area contributed by atoms with Gasteiger partial charge in [0.1, 0.15) is 5.69 Å². The van der Waals surface area contributed by atoms with Gasteiger partial charge >= 0.3 is 0 Å². The summed E-state index contributed by atoms with van der Waals surface area (Å²) in [5.41, 5.74) is 1.61. The number of nitrogens with zero attached hydrogens (tertiary/aromatic N) is 4. The molecule has 0 aliphatic carbocycles. The van der Waals surface area contributed by atoms with Crippen LogP contribution in [-0.2, 0) is 11.2 Å². The highest BCUT2D eigenvalue weighted by Crippen LogP contribution is 2.22. The van der Waals surface area contributed by atoms with Crippen molar-refractivity contribution in [1.29, 1.82) is 0 Å². The lowest BCUT2D eigenvalue weighted by Crippen LogP contribution is -2.16. The van der Waals surface area contributed by atoms with E-state index in [0.717, 1.165) is 50.3 Å². The fraction of sp³-hybridized carbons (Fsp3) is 0.368. The van der Waals surface area contributed by atoms with E-state index in [4.69, 9.17) is 9.26 Å². The lowest BCUT2D eigenvalue weighted by atomic mass is 9.95. The molecule has 0 atom stereocenters. The molecule has 2 aromatic heterocycles. The Morgan fingerprint density at radius 1 is 1.00 bits per heavy atom. The van der Waals surface area contributed by atoms with Crippen LogP contribution in [0.2, 0.25) is 0 Å². The molecule has 1 saturated heterocycles. The predicted octanol–water partition coefficient (Wildman–Crippen LogP) is 3.55. The van der Waals surface area contributed by atoms with Gasteiger partial charge < -0.3 is 9.26 Å². The predicted molar refractivity (Wildman–Crippen MR) is 92.6 cm³/mol. The van der Waals surface area contributed by atoms with E-state index in [2.05, 4.69) is 20.1 Å². The van der Waals surface area contributed by atoms with E-state index in [1.807, 2.05) is 30.3 Å². The Hall–Kier alpha value is -2.60. The van der Waals surface area contributed by atoms with E-state index in [0.29, 0.717) is 23.3 Å². The van der Waals surface area contributed by atoms with Crippen LogP contribution >= 0.6 is 0 Å². The zero-order chi connectivity index (χ0) is 16.9. The molecule has 6 heteroatoms. The number of hydrogen-bond donors (Lipinski definition) is 0. The molecule has 3 heterocycles. The minimum Gasteiger partial charge on any atom is -0.381 e. The van der Waals surface area contributed by atoms with Crippen molar-refractivity contribution in [1.82, 2.24) is 20.1 Å². The number of hydrogen-bond acceptors (Lipinski definition) is 6. The van der Waals surface area contributed by atoms with E-state index in [1.165, 1.54) is 0 Å². The zero-order valence-electron chi connectivity index (χ0n) is 14.0. The van der Waals surface area contributed by atoms with Gasteiger partial charge in [-0.1, -0.05) is 35.5 Å². The van der Waals surface area contributed by atoms with Crippen molar-refractivity contribution >= 4 is 0 Å². The molecule has 1 aromatic carbocycles. The van der Waals surface area contributed by atoms with Crippen molar-refractivity contribution in [2.75, 3.05) is 13.2 Å². The second-order valence-electron chi connectivity index (χ2n) is 6.24. The van der Waals surface area contributed by atoms with Gasteiger partial charge in [0.2, 0.25) is 0 Å². The third-order valence-corrected chi connectivity index (χ3v) is 4.49. The molecular weight excluding hydrogens is 316 g/mol. The van der Waals surface area contributed by atoms with Crippen molar-refractivity contribution in [3.05, 3.63) is 48.4 Å². The summed E-state index contributed by atoms with van der Waals surface area (Å²) >= 11 is 0. The molecule has 25 heavy (non-hydrogen) atoms. The summed E-state index contributed by atoms with van der Waals surface area (Å²) in [6.45, 7) is 1.73. The van der Waals surface area contributed by atoms with Gasteiger partial charge in [0.25, 0.3) is 5.89 Å². The molecule has 0 radical (unpaired) electrons. The number of aryl methyl sites for hydroxylation is 1. The molecule has 128 valence electrons. The molecule has 0 bridgehead atoms. The molecule has 4 rings (SSSR count). The van der Waals surface area contributed by atoms with E-state index in [1.54, 1.807) is 12.3 Å². The maximum Gasteiger partial charge on any atom is 0.276 e. The van der Waals surface area contributed by atoms with E-state index in [-0.39, 0.29) is 0 Å². The van der Waals surface area contributed by atoms with Gasteiger partial charge in [-0.25, -0.2) is 9.97 Å². The standard InChI is InChI=1S/C19H20N4O2/c1-2-4-15(5-3-1)18-20-11-8-16(21-18)19-22-17(23-25-19)7-6-14-9-12-24-13-10-14/h1-5,8,11,14H,6-7,9-10,12-13H2. The van der Waals surface area contributed by atoms with Gasteiger partial charge in [0.05, 0.1) is 0 Å². The Labute approximate surface area is 146 Å². The highest BCUT2D eigenvalue weighted by atomic mass is 16.5. The first-order chi connectivity index (χ1) is 12.4. The summed E-state index contributed by atoms with van der Waals surface area (Å²) in [7, 11) is 0. The quantitative estimate of drug-likeness (QED) is 0.709. The van der Waals surface area contributed by atoms with Crippen LogP contribution in [-0.4, -0.2) is 33.3 Å². The summed E-state index contributed by atoms with van der Waals surface area (Å²) in [5, 5.41) is 4.10. The van der Waals surface area contributed by atoms with E-state index < -0.39 is 0 Å². The van der Waals surface area contributed by atoms with Crippen LogP contribution in [0.5, 0.6) is 0 Å². The maximum atomic E-state index is 5.41. The second-order valence-corrected chi connectivity index (χ2v) is 6.24. The molecule has 0 unspecified atom stereocenters. The minimum absolute atomic E-state index is 0.446. The SMILES string of the molecule is c1ccc(-c2nccc(-c3nc(CCC4CCOCC4)no3)n2)cc1. The molecule has 0 spiro atoms. The summed E-state index contributed by atoms with van der Waals surface area (Å²) < 4.78 is 10.8. The van der Waals surface area contributed by atoms with Crippen LogP contribution in [0.3, 0.4) is 0 Å². The van der Waals surface area contributed by atoms with Crippen molar-refractivity contribution < 1.29 is 9.26 Å². The van der Waals surface area contributed by atoms with Gasteiger partial charge in [0, 0.05) is 31.4 Å². The number of aromatic nitrogens is 4. The Morgan fingerprint density at radius 3 is 2.68 bits per heavy atom. The van der Waals surface area contributed by atoms with Crippen molar-refractivity contribution in [2.24, 2.45) is 5.92 Å². The molecule has 1 aliphatic rings. The average Bonchev–Trinajstić information content (AvgIpc) is 3.17. The van der Waals surface area contributed by atoms with Crippen LogP contribution in [0.1, 0.15) is 25.1 Å². The Kier molecular flexibility index (Phi) is 4.79.